The van der Waals surface area contributed by atoms with Gasteiger partial charge in [-0.3, -0.25) is 4.72 Å². The van der Waals surface area contributed by atoms with Crippen LogP contribution in [0.1, 0.15) is 48.4 Å². The van der Waals surface area contributed by atoms with Gasteiger partial charge in [-0.1, -0.05) is 11.6 Å². The van der Waals surface area contributed by atoms with Gasteiger partial charge < -0.3 is 9.47 Å². The average Bonchev–Trinajstić information content (AvgIpc) is 3.00. The van der Waals surface area contributed by atoms with E-state index in [-0.39, 0.29) is 33.2 Å². The third-order valence-corrected chi connectivity index (χ3v) is 6.26. The second-order valence-electron chi connectivity index (χ2n) is 6.37. The molecule has 0 fully saturated rings. The maximum absolute atomic E-state index is 12.5. The number of sulfonamides is 1. The summed E-state index contributed by atoms with van der Waals surface area (Å²) in [5, 5.41) is 0. The Kier molecular flexibility index (Phi) is 7.08. The van der Waals surface area contributed by atoms with E-state index in [1.54, 1.807) is 27.7 Å². The quantitative estimate of drug-likeness (QED) is 0.636. The van der Waals surface area contributed by atoms with E-state index in [4.69, 9.17) is 21.1 Å². The number of hydrogen-bond acceptors (Lipinski definition) is 7. The number of carbonyl (C=O) groups is 2. The van der Waals surface area contributed by atoms with Crippen LogP contribution in [0.5, 0.6) is 0 Å². The molecule has 2 aromatic rings. The van der Waals surface area contributed by atoms with E-state index in [0.717, 1.165) is 11.3 Å². The molecule has 1 heterocycles. The maximum atomic E-state index is 12.5. The molecule has 0 saturated heterocycles. The first-order chi connectivity index (χ1) is 13.0. The number of hydrogen-bond donors (Lipinski definition) is 1. The Morgan fingerprint density at radius 2 is 1.46 bits per heavy atom. The second kappa shape index (κ2) is 8.93. The van der Waals surface area contributed by atoms with Gasteiger partial charge in [0.1, 0.15) is 4.21 Å². The summed E-state index contributed by atoms with van der Waals surface area (Å²) in [7, 11) is -3.94. The Labute approximate surface area is 172 Å². The third-order valence-electron chi connectivity index (χ3n) is 3.16. The summed E-state index contributed by atoms with van der Waals surface area (Å²) in [6.45, 7) is 6.72. The Hall–Kier alpha value is -2.10. The monoisotopic (exact) mass is 445 g/mol. The van der Waals surface area contributed by atoms with Crippen LogP contribution in [0.25, 0.3) is 0 Å². The first-order valence-electron chi connectivity index (χ1n) is 8.33. The summed E-state index contributed by atoms with van der Waals surface area (Å²) in [4.78, 5) is 24.6. The van der Waals surface area contributed by atoms with Crippen molar-refractivity contribution in [1.29, 1.82) is 0 Å². The minimum absolute atomic E-state index is 0.000957. The van der Waals surface area contributed by atoms with Crippen LogP contribution in [0.15, 0.2) is 34.5 Å². The zero-order chi connectivity index (χ0) is 21.1. The topological polar surface area (TPSA) is 98.8 Å². The molecular weight excluding hydrogens is 426 g/mol. The summed E-state index contributed by atoms with van der Waals surface area (Å²) in [5.74, 6) is -1.37. The van der Waals surface area contributed by atoms with Crippen molar-refractivity contribution in [3.63, 3.8) is 0 Å². The van der Waals surface area contributed by atoms with Crippen LogP contribution in [0.2, 0.25) is 4.34 Å². The molecule has 0 saturated carbocycles. The molecule has 28 heavy (non-hydrogen) atoms. The van der Waals surface area contributed by atoms with Crippen molar-refractivity contribution >= 4 is 50.6 Å². The minimum atomic E-state index is -3.94. The molecule has 0 atom stereocenters. The van der Waals surface area contributed by atoms with Gasteiger partial charge in [0, 0.05) is 0 Å². The molecule has 0 amide bonds. The highest BCUT2D eigenvalue weighted by atomic mass is 35.5. The van der Waals surface area contributed by atoms with E-state index in [1.165, 1.54) is 30.3 Å². The van der Waals surface area contributed by atoms with Gasteiger partial charge in [0.25, 0.3) is 10.0 Å². The fourth-order valence-corrected chi connectivity index (χ4v) is 4.66. The highest BCUT2D eigenvalue weighted by molar-refractivity contribution is 7.94. The van der Waals surface area contributed by atoms with Crippen LogP contribution >= 0.6 is 22.9 Å². The zero-order valence-corrected chi connectivity index (χ0v) is 18.1. The van der Waals surface area contributed by atoms with Crippen LogP contribution in [0.3, 0.4) is 0 Å². The summed E-state index contributed by atoms with van der Waals surface area (Å²) in [5.41, 5.74) is 0.0704. The van der Waals surface area contributed by atoms with E-state index in [9.17, 15) is 18.0 Å². The Morgan fingerprint density at radius 3 is 1.86 bits per heavy atom. The molecule has 152 valence electrons. The number of thiophene rings is 1. The average molecular weight is 446 g/mol. The van der Waals surface area contributed by atoms with E-state index in [1.807, 2.05) is 0 Å². The SMILES string of the molecule is CC(C)OC(=O)c1cc(NS(=O)(=O)c2ccc(Cl)s2)cc(C(=O)OC(C)C)c1. The van der Waals surface area contributed by atoms with Crippen molar-refractivity contribution in [3.05, 3.63) is 45.8 Å². The smallest absolute Gasteiger partial charge is 0.338 e. The summed E-state index contributed by atoms with van der Waals surface area (Å²) < 4.78 is 38.0. The number of esters is 2. The zero-order valence-electron chi connectivity index (χ0n) is 15.7. The second-order valence-corrected chi connectivity index (χ2v) is 10.00. The summed E-state index contributed by atoms with van der Waals surface area (Å²) >= 11 is 6.69. The molecule has 0 aliphatic rings. The van der Waals surface area contributed by atoms with Crippen LogP contribution in [0.4, 0.5) is 5.69 Å². The molecule has 1 aromatic heterocycles. The van der Waals surface area contributed by atoms with Gasteiger partial charge in [-0.15, -0.1) is 11.3 Å². The van der Waals surface area contributed by atoms with Crippen molar-refractivity contribution in [3.8, 4) is 0 Å². The molecule has 2 rings (SSSR count). The highest BCUT2D eigenvalue weighted by Gasteiger charge is 2.21. The molecule has 0 aliphatic heterocycles. The van der Waals surface area contributed by atoms with Gasteiger partial charge in [0.05, 0.1) is 33.4 Å². The summed E-state index contributed by atoms with van der Waals surface area (Å²) in [6.07, 6.45) is -0.764. The third kappa shape index (κ3) is 5.95. The van der Waals surface area contributed by atoms with Crippen LogP contribution in [-0.2, 0) is 19.5 Å². The molecule has 0 radical (unpaired) electrons. The lowest BCUT2D eigenvalue weighted by Gasteiger charge is -2.13. The van der Waals surface area contributed by atoms with Gasteiger partial charge in [-0.05, 0) is 58.0 Å². The van der Waals surface area contributed by atoms with Gasteiger partial charge in [0.2, 0.25) is 0 Å². The lowest BCUT2D eigenvalue weighted by Crippen LogP contribution is -2.17. The first kappa shape index (κ1) is 22.2. The number of carbonyl (C=O) groups excluding carboxylic acids is 2. The number of benzene rings is 1. The molecule has 1 aromatic carbocycles. The van der Waals surface area contributed by atoms with Crippen molar-refractivity contribution in [1.82, 2.24) is 0 Å². The highest BCUT2D eigenvalue weighted by Crippen LogP contribution is 2.28. The molecule has 0 unspecified atom stereocenters. The fraction of sp³-hybridized carbons (Fsp3) is 0.333. The van der Waals surface area contributed by atoms with E-state index < -0.39 is 22.0 Å². The number of halogens is 1. The van der Waals surface area contributed by atoms with Crippen LogP contribution in [0, 0.1) is 0 Å². The maximum Gasteiger partial charge on any atom is 0.338 e. The van der Waals surface area contributed by atoms with Crippen molar-refractivity contribution < 1.29 is 27.5 Å². The predicted molar refractivity (Wildman–Crippen MR) is 108 cm³/mol. The Morgan fingerprint density at radius 1 is 0.964 bits per heavy atom. The van der Waals surface area contributed by atoms with E-state index in [0.29, 0.717) is 4.34 Å². The standard InChI is InChI=1S/C18H20ClNO6S2/c1-10(2)25-17(21)12-7-13(18(22)26-11(3)4)9-14(8-12)20-28(23,24)16-6-5-15(19)27-16/h5-11,20H,1-4H3. The first-order valence-corrected chi connectivity index (χ1v) is 11.0. The Balaban J connectivity index is 2.44. The fourth-order valence-electron chi connectivity index (χ4n) is 2.13. The molecule has 0 aliphatic carbocycles. The van der Waals surface area contributed by atoms with Crippen molar-refractivity contribution in [2.45, 2.75) is 44.1 Å². The Bertz CT molecular complexity index is 941. The van der Waals surface area contributed by atoms with Gasteiger partial charge >= 0.3 is 11.9 Å². The van der Waals surface area contributed by atoms with E-state index in [2.05, 4.69) is 4.72 Å². The van der Waals surface area contributed by atoms with Crippen LogP contribution < -0.4 is 4.72 Å². The van der Waals surface area contributed by atoms with Gasteiger partial charge in [-0.25, -0.2) is 18.0 Å². The van der Waals surface area contributed by atoms with Gasteiger partial charge in [-0.2, -0.15) is 0 Å². The van der Waals surface area contributed by atoms with Crippen molar-refractivity contribution in [2.24, 2.45) is 0 Å². The summed E-state index contributed by atoms with van der Waals surface area (Å²) in [6, 6.07) is 6.71. The normalized spacial score (nSPS) is 11.5. The minimum Gasteiger partial charge on any atom is -0.459 e. The number of ether oxygens (including phenoxy) is 2. The lowest BCUT2D eigenvalue weighted by molar-refractivity contribution is 0.0377. The number of rotatable bonds is 7. The number of nitrogens with one attached hydrogen (secondary N) is 1. The molecule has 0 bridgehead atoms. The van der Waals surface area contributed by atoms with Crippen LogP contribution in [-0.4, -0.2) is 32.6 Å². The molecule has 7 nitrogen and oxygen atoms in total. The molecular formula is C18H20ClNO6S2. The van der Waals surface area contributed by atoms with Crippen molar-refractivity contribution in [2.75, 3.05) is 4.72 Å². The molecule has 1 N–H and O–H groups in total. The van der Waals surface area contributed by atoms with Gasteiger partial charge in [0.15, 0.2) is 0 Å². The molecule has 10 heteroatoms. The van der Waals surface area contributed by atoms with E-state index >= 15 is 0 Å². The number of anilines is 1. The lowest BCUT2D eigenvalue weighted by atomic mass is 10.1. The predicted octanol–water partition coefficient (Wildman–Crippen LogP) is 4.33. The largest absolute Gasteiger partial charge is 0.459 e. The molecule has 0 spiro atoms.